The van der Waals surface area contributed by atoms with Gasteiger partial charge in [-0.1, -0.05) is 77.1 Å². The number of ether oxygens (including phenoxy) is 3. The number of hydrogen-bond acceptors (Lipinski definition) is 6. The Morgan fingerprint density at radius 2 is 0.833 bits per heavy atom. The molecule has 0 aliphatic heterocycles. The summed E-state index contributed by atoms with van der Waals surface area (Å²) in [4.78, 5) is 0. The molecule has 0 spiro atoms. The second-order valence-electron chi connectivity index (χ2n) is 13.3. The highest BCUT2D eigenvalue weighted by Gasteiger charge is 2.35. The molecule has 0 aromatic heterocycles. The highest BCUT2D eigenvalue weighted by Crippen LogP contribution is 2.45. The van der Waals surface area contributed by atoms with Crippen molar-refractivity contribution in [3.63, 3.8) is 0 Å². The number of rotatable bonds is 15. The highest BCUT2D eigenvalue weighted by atomic mass is 16.5. The zero-order chi connectivity index (χ0) is 35.2. The Morgan fingerprint density at radius 3 is 1.23 bits per heavy atom. The zero-order valence-electron chi connectivity index (χ0n) is 30.3. The zero-order valence-corrected chi connectivity index (χ0v) is 30.3. The molecule has 0 amide bonds. The molecule has 258 valence electrons. The maximum atomic E-state index is 11.2. The van der Waals surface area contributed by atoms with Gasteiger partial charge in [0.1, 0.15) is 17.2 Å². The Labute approximate surface area is 287 Å². The van der Waals surface area contributed by atoms with Crippen LogP contribution < -0.4 is 0 Å². The summed E-state index contributed by atoms with van der Waals surface area (Å²) in [5, 5.41) is 33.1. The molecule has 0 aliphatic rings. The van der Waals surface area contributed by atoms with Crippen molar-refractivity contribution in [3.8, 4) is 17.2 Å². The van der Waals surface area contributed by atoms with Crippen molar-refractivity contribution >= 4 is 0 Å². The van der Waals surface area contributed by atoms with E-state index < -0.39 is 5.41 Å². The molecule has 4 aromatic carbocycles. The van der Waals surface area contributed by atoms with Crippen LogP contribution in [0.5, 0.6) is 17.2 Å². The Balaban J connectivity index is 1.96. The Bertz CT molecular complexity index is 1700. The predicted octanol–water partition coefficient (Wildman–Crippen LogP) is 9.00. The summed E-state index contributed by atoms with van der Waals surface area (Å²) in [5.41, 5.74) is 9.31. The van der Waals surface area contributed by atoms with Crippen LogP contribution in [0.3, 0.4) is 0 Å². The molecule has 0 aliphatic carbocycles. The number of aromatic hydroxyl groups is 3. The summed E-state index contributed by atoms with van der Waals surface area (Å²) in [6, 6.07) is 21.3. The van der Waals surface area contributed by atoms with E-state index in [1.807, 2.05) is 13.8 Å². The summed E-state index contributed by atoms with van der Waals surface area (Å²) >= 11 is 0. The average molecular weight is 655 g/mol. The van der Waals surface area contributed by atoms with E-state index in [0.717, 1.165) is 67.6 Å². The van der Waals surface area contributed by atoms with Crippen molar-refractivity contribution in [1.82, 2.24) is 0 Å². The molecule has 0 fully saturated rings. The van der Waals surface area contributed by atoms with Gasteiger partial charge < -0.3 is 29.5 Å². The molecule has 1 unspecified atom stereocenters. The van der Waals surface area contributed by atoms with Crippen LogP contribution in [0.15, 0.2) is 60.7 Å². The van der Waals surface area contributed by atoms with Gasteiger partial charge in [0.05, 0.1) is 19.8 Å². The third-order valence-corrected chi connectivity index (χ3v) is 10.1. The molecular weight excluding hydrogens is 600 g/mol. The summed E-state index contributed by atoms with van der Waals surface area (Å²) in [5.74, 6) is 0.859. The number of phenols is 3. The largest absolute Gasteiger partial charge is 0.507 e. The number of aryl methyl sites for hydroxylation is 3. The highest BCUT2D eigenvalue weighted by molar-refractivity contribution is 5.58. The second-order valence-corrected chi connectivity index (χ2v) is 13.3. The molecule has 0 heterocycles. The standard InChI is InChI=1S/C42H54O6/c1-10-27-18-35(21-30(24-46-8)38(27)43)41(5,6)33-14-16-34(17-15-33)42(7,36-19-28(11-2)39(44)31(22-36)25-47-9)37-20-29(12-3)40(45)32(23-37)26-48-13-4/h14-23,43-45H,10-13,24-26H2,1-9H3. The van der Waals surface area contributed by atoms with Crippen LogP contribution in [0.25, 0.3) is 0 Å². The van der Waals surface area contributed by atoms with Gasteiger partial charge in [-0.2, -0.15) is 0 Å². The van der Waals surface area contributed by atoms with Crippen LogP contribution in [0.4, 0.5) is 0 Å². The lowest BCUT2D eigenvalue weighted by Crippen LogP contribution is -2.27. The summed E-state index contributed by atoms with van der Waals surface area (Å²) in [7, 11) is 3.28. The van der Waals surface area contributed by atoms with Crippen LogP contribution in [0.1, 0.15) is 110 Å². The van der Waals surface area contributed by atoms with E-state index in [1.54, 1.807) is 14.2 Å². The van der Waals surface area contributed by atoms with E-state index in [1.165, 1.54) is 0 Å². The third-order valence-electron chi connectivity index (χ3n) is 10.1. The van der Waals surface area contributed by atoms with Crippen LogP contribution in [0, 0.1) is 0 Å². The molecule has 0 radical (unpaired) electrons. The van der Waals surface area contributed by atoms with Gasteiger partial charge in [0, 0.05) is 48.3 Å². The smallest absolute Gasteiger partial charge is 0.124 e. The minimum atomic E-state index is -0.652. The predicted molar refractivity (Wildman–Crippen MR) is 193 cm³/mol. The Hall–Kier alpha value is -3.84. The van der Waals surface area contributed by atoms with Gasteiger partial charge in [0.25, 0.3) is 0 Å². The molecule has 48 heavy (non-hydrogen) atoms. The first kappa shape index (κ1) is 37.0. The van der Waals surface area contributed by atoms with Crippen molar-refractivity contribution < 1.29 is 29.5 Å². The lowest BCUT2D eigenvalue weighted by Gasteiger charge is -2.35. The van der Waals surface area contributed by atoms with Crippen LogP contribution in [-0.2, 0) is 64.1 Å². The first-order valence-electron chi connectivity index (χ1n) is 17.1. The summed E-state index contributed by atoms with van der Waals surface area (Å²) in [6.45, 7) is 16.2. The van der Waals surface area contributed by atoms with E-state index in [4.69, 9.17) is 14.2 Å². The van der Waals surface area contributed by atoms with Crippen LogP contribution in [-0.4, -0.2) is 36.1 Å². The van der Waals surface area contributed by atoms with Crippen LogP contribution in [0.2, 0.25) is 0 Å². The molecule has 6 heteroatoms. The molecule has 4 rings (SSSR count). The van der Waals surface area contributed by atoms with Gasteiger partial charge in [0.15, 0.2) is 0 Å². The lowest BCUT2D eigenvalue weighted by molar-refractivity contribution is 0.132. The van der Waals surface area contributed by atoms with Crippen molar-refractivity contribution in [2.75, 3.05) is 20.8 Å². The summed E-state index contributed by atoms with van der Waals surface area (Å²) < 4.78 is 16.7. The van der Waals surface area contributed by atoms with Crippen molar-refractivity contribution in [2.45, 2.75) is 98.4 Å². The lowest BCUT2D eigenvalue weighted by atomic mass is 9.68. The van der Waals surface area contributed by atoms with E-state index in [-0.39, 0.29) is 16.9 Å². The molecule has 1 atom stereocenters. The van der Waals surface area contributed by atoms with Gasteiger partial charge in [-0.05, 0) is 95.8 Å². The number of phenolic OH excluding ortho intramolecular Hbond substituents is 3. The first-order valence-corrected chi connectivity index (χ1v) is 17.1. The van der Waals surface area contributed by atoms with Gasteiger partial charge in [-0.3, -0.25) is 0 Å². The van der Waals surface area contributed by atoms with Crippen molar-refractivity contribution in [1.29, 1.82) is 0 Å². The molecule has 3 N–H and O–H groups in total. The van der Waals surface area contributed by atoms with E-state index in [9.17, 15) is 15.3 Å². The first-order chi connectivity index (χ1) is 22.9. The quantitative estimate of drug-likeness (QED) is 0.111. The number of methoxy groups -OCH3 is 2. The van der Waals surface area contributed by atoms with E-state index in [0.29, 0.717) is 45.0 Å². The molecule has 4 aromatic rings. The number of benzene rings is 4. The van der Waals surface area contributed by atoms with E-state index >= 15 is 0 Å². The molecule has 0 saturated carbocycles. The fraction of sp³-hybridized carbons (Fsp3) is 0.429. The maximum Gasteiger partial charge on any atom is 0.124 e. The third kappa shape index (κ3) is 7.12. The van der Waals surface area contributed by atoms with Crippen LogP contribution >= 0.6 is 0 Å². The molecule has 0 saturated heterocycles. The molecule has 6 nitrogen and oxygen atoms in total. The summed E-state index contributed by atoms with van der Waals surface area (Å²) in [6.07, 6.45) is 2.06. The maximum absolute atomic E-state index is 11.2. The van der Waals surface area contributed by atoms with Crippen molar-refractivity contribution in [3.05, 3.63) is 122 Å². The minimum absolute atomic E-state index is 0.271. The molecule has 0 bridgehead atoms. The Morgan fingerprint density at radius 1 is 0.479 bits per heavy atom. The van der Waals surface area contributed by atoms with E-state index in [2.05, 4.69) is 95.3 Å². The fourth-order valence-electron chi connectivity index (χ4n) is 6.77. The van der Waals surface area contributed by atoms with Gasteiger partial charge in [-0.15, -0.1) is 0 Å². The topological polar surface area (TPSA) is 88.4 Å². The normalized spacial score (nSPS) is 13.1. The van der Waals surface area contributed by atoms with Crippen molar-refractivity contribution in [2.24, 2.45) is 0 Å². The van der Waals surface area contributed by atoms with Gasteiger partial charge in [0.2, 0.25) is 0 Å². The fourth-order valence-corrected chi connectivity index (χ4v) is 6.77. The molecular formula is C42H54O6. The van der Waals surface area contributed by atoms with Gasteiger partial charge in [-0.25, -0.2) is 0 Å². The second kappa shape index (κ2) is 15.6. The SMILES string of the molecule is CCOCc1cc(C(C)(c2ccc(C(C)(C)c3cc(CC)c(O)c(COC)c3)cc2)c2cc(CC)c(O)c(COC)c2)cc(CC)c1O. The minimum Gasteiger partial charge on any atom is -0.507 e. The monoisotopic (exact) mass is 654 g/mol. The average Bonchev–Trinajstić information content (AvgIpc) is 3.09. The van der Waals surface area contributed by atoms with Gasteiger partial charge >= 0.3 is 0 Å². The Kier molecular flexibility index (Phi) is 12.0. The number of hydrogen-bond donors (Lipinski definition) is 3.